The van der Waals surface area contributed by atoms with Crippen molar-refractivity contribution in [1.29, 1.82) is 0 Å². The van der Waals surface area contributed by atoms with E-state index in [1.165, 1.54) is 44.9 Å². The van der Waals surface area contributed by atoms with Crippen LogP contribution in [0.2, 0.25) is 0 Å². The fourth-order valence-electron chi connectivity index (χ4n) is 3.70. The molecule has 1 N–H and O–H groups in total. The van der Waals surface area contributed by atoms with Crippen LogP contribution in [0.5, 0.6) is 0 Å². The molecule has 0 aromatic heterocycles. The molecule has 13 heavy (non-hydrogen) atoms. The minimum Gasteiger partial charge on any atom is -0.396 e. The molecule has 0 aromatic carbocycles. The van der Waals surface area contributed by atoms with Crippen molar-refractivity contribution in [1.82, 2.24) is 0 Å². The third-order valence-corrected chi connectivity index (χ3v) is 4.73. The summed E-state index contributed by atoms with van der Waals surface area (Å²) in [7, 11) is 0. The minimum atomic E-state index is 0.330. The largest absolute Gasteiger partial charge is 0.396 e. The quantitative estimate of drug-likeness (QED) is 0.661. The van der Waals surface area contributed by atoms with E-state index in [4.69, 9.17) is 0 Å². The Morgan fingerprint density at radius 2 is 2.00 bits per heavy atom. The van der Waals surface area contributed by atoms with Gasteiger partial charge in [-0.25, -0.2) is 0 Å². The lowest BCUT2D eigenvalue weighted by Gasteiger charge is -2.36. The maximum absolute atomic E-state index is 9.65. The standard InChI is InChI=1S/C12H22O/c1-10-6-7-11-5-3-2-4-8-12(10,11)9-13/h10-11,13H,2-9H2,1H3. The van der Waals surface area contributed by atoms with E-state index in [2.05, 4.69) is 6.92 Å². The second-order valence-corrected chi connectivity index (χ2v) is 5.17. The van der Waals surface area contributed by atoms with Crippen LogP contribution >= 0.6 is 0 Å². The molecule has 3 unspecified atom stereocenters. The fraction of sp³-hybridized carbons (Fsp3) is 1.00. The average molecular weight is 182 g/mol. The molecule has 1 nitrogen and oxygen atoms in total. The van der Waals surface area contributed by atoms with Crippen LogP contribution in [0.1, 0.15) is 51.9 Å². The number of aliphatic hydroxyl groups is 1. The number of hydrogen-bond donors (Lipinski definition) is 1. The van der Waals surface area contributed by atoms with Crippen LogP contribution in [0, 0.1) is 17.3 Å². The van der Waals surface area contributed by atoms with Gasteiger partial charge in [0.2, 0.25) is 0 Å². The summed E-state index contributed by atoms with van der Waals surface area (Å²) >= 11 is 0. The Bertz CT molecular complexity index is 178. The van der Waals surface area contributed by atoms with Gasteiger partial charge in [0.25, 0.3) is 0 Å². The van der Waals surface area contributed by atoms with Gasteiger partial charge < -0.3 is 5.11 Å². The summed E-state index contributed by atoms with van der Waals surface area (Å²) in [6.07, 6.45) is 9.54. The lowest BCUT2D eigenvalue weighted by Crippen LogP contribution is -2.34. The van der Waals surface area contributed by atoms with Crippen LogP contribution in [0.3, 0.4) is 0 Å². The highest BCUT2D eigenvalue weighted by Crippen LogP contribution is 2.54. The topological polar surface area (TPSA) is 20.2 Å². The SMILES string of the molecule is CC1CCC2CCCCCC12CO. The molecule has 76 valence electrons. The van der Waals surface area contributed by atoms with E-state index in [9.17, 15) is 5.11 Å². The van der Waals surface area contributed by atoms with E-state index in [0.717, 1.165) is 11.8 Å². The Morgan fingerprint density at radius 1 is 1.15 bits per heavy atom. The molecular formula is C12H22O. The van der Waals surface area contributed by atoms with Crippen LogP contribution in [0.15, 0.2) is 0 Å². The second-order valence-electron chi connectivity index (χ2n) is 5.17. The van der Waals surface area contributed by atoms with Crippen molar-refractivity contribution in [2.45, 2.75) is 51.9 Å². The molecule has 3 atom stereocenters. The van der Waals surface area contributed by atoms with Crippen molar-refractivity contribution in [2.75, 3.05) is 6.61 Å². The Labute approximate surface area is 81.5 Å². The fourth-order valence-corrected chi connectivity index (χ4v) is 3.70. The van der Waals surface area contributed by atoms with Gasteiger partial charge in [0.05, 0.1) is 0 Å². The zero-order valence-electron chi connectivity index (χ0n) is 8.76. The summed E-state index contributed by atoms with van der Waals surface area (Å²) in [5, 5.41) is 9.65. The Kier molecular flexibility index (Phi) is 2.64. The summed E-state index contributed by atoms with van der Waals surface area (Å²) in [6.45, 7) is 2.79. The van der Waals surface area contributed by atoms with Crippen LogP contribution in [-0.2, 0) is 0 Å². The predicted octanol–water partition coefficient (Wildman–Crippen LogP) is 2.98. The van der Waals surface area contributed by atoms with Crippen molar-refractivity contribution in [3.05, 3.63) is 0 Å². The Balaban J connectivity index is 2.19. The van der Waals surface area contributed by atoms with E-state index >= 15 is 0 Å². The van der Waals surface area contributed by atoms with Crippen molar-refractivity contribution >= 4 is 0 Å². The molecule has 0 aromatic rings. The zero-order chi connectivity index (χ0) is 9.31. The van der Waals surface area contributed by atoms with Crippen LogP contribution in [0.25, 0.3) is 0 Å². The van der Waals surface area contributed by atoms with Crippen LogP contribution < -0.4 is 0 Å². The number of aliphatic hydroxyl groups excluding tert-OH is 1. The van der Waals surface area contributed by atoms with Gasteiger partial charge in [-0.2, -0.15) is 0 Å². The molecule has 0 spiro atoms. The van der Waals surface area contributed by atoms with Gasteiger partial charge in [0.1, 0.15) is 0 Å². The molecule has 2 rings (SSSR count). The van der Waals surface area contributed by atoms with Crippen LogP contribution in [-0.4, -0.2) is 11.7 Å². The minimum absolute atomic E-state index is 0.330. The number of hydrogen-bond acceptors (Lipinski definition) is 1. The van der Waals surface area contributed by atoms with Crippen molar-refractivity contribution in [2.24, 2.45) is 17.3 Å². The van der Waals surface area contributed by atoms with Gasteiger partial charge in [0, 0.05) is 6.61 Å². The monoisotopic (exact) mass is 182 g/mol. The second kappa shape index (κ2) is 3.61. The molecule has 0 bridgehead atoms. The van der Waals surface area contributed by atoms with E-state index < -0.39 is 0 Å². The molecule has 2 aliphatic rings. The first-order valence-corrected chi connectivity index (χ1v) is 5.90. The molecule has 2 fully saturated rings. The lowest BCUT2D eigenvalue weighted by molar-refractivity contribution is 0.0412. The van der Waals surface area contributed by atoms with Crippen molar-refractivity contribution < 1.29 is 5.11 Å². The highest BCUT2D eigenvalue weighted by atomic mass is 16.3. The normalized spacial score (nSPS) is 45.7. The summed E-state index contributed by atoms with van der Waals surface area (Å²) in [5.74, 6) is 1.61. The predicted molar refractivity (Wildman–Crippen MR) is 54.5 cm³/mol. The van der Waals surface area contributed by atoms with Gasteiger partial charge in [-0.15, -0.1) is 0 Å². The molecule has 0 radical (unpaired) electrons. The average Bonchev–Trinajstić information content (AvgIpc) is 2.38. The zero-order valence-corrected chi connectivity index (χ0v) is 8.76. The van der Waals surface area contributed by atoms with E-state index in [1.807, 2.05) is 0 Å². The van der Waals surface area contributed by atoms with Crippen molar-refractivity contribution in [3.8, 4) is 0 Å². The van der Waals surface area contributed by atoms with Gasteiger partial charge in [-0.3, -0.25) is 0 Å². The molecule has 0 heterocycles. The van der Waals surface area contributed by atoms with Crippen LogP contribution in [0.4, 0.5) is 0 Å². The highest BCUT2D eigenvalue weighted by Gasteiger charge is 2.47. The summed E-state index contributed by atoms with van der Waals surface area (Å²) in [6, 6.07) is 0. The smallest absolute Gasteiger partial charge is 0.0492 e. The summed E-state index contributed by atoms with van der Waals surface area (Å²) in [4.78, 5) is 0. The highest BCUT2D eigenvalue weighted by molar-refractivity contribution is 4.96. The maximum Gasteiger partial charge on any atom is 0.0492 e. The molecule has 2 aliphatic carbocycles. The molecule has 0 saturated heterocycles. The molecule has 1 heteroatoms. The maximum atomic E-state index is 9.65. The van der Waals surface area contributed by atoms with E-state index in [-0.39, 0.29) is 0 Å². The van der Waals surface area contributed by atoms with Gasteiger partial charge in [-0.1, -0.05) is 26.2 Å². The Morgan fingerprint density at radius 3 is 2.77 bits per heavy atom. The third-order valence-electron chi connectivity index (χ3n) is 4.73. The summed E-state index contributed by atoms with van der Waals surface area (Å²) in [5.41, 5.74) is 0.330. The molecular weight excluding hydrogens is 160 g/mol. The van der Waals surface area contributed by atoms with Gasteiger partial charge in [-0.05, 0) is 42.9 Å². The van der Waals surface area contributed by atoms with E-state index in [1.54, 1.807) is 0 Å². The molecule has 0 amide bonds. The van der Waals surface area contributed by atoms with Gasteiger partial charge >= 0.3 is 0 Å². The third kappa shape index (κ3) is 1.41. The molecule has 0 aliphatic heterocycles. The first-order valence-electron chi connectivity index (χ1n) is 5.90. The van der Waals surface area contributed by atoms with Crippen molar-refractivity contribution in [3.63, 3.8) is 0 Å². The van der Waals surface area contributed by atoms with Gasteiger partial charge in [0.15, 0.2) is 0 Å². The first-order chi connectivity index (χ1) is 6.29. The Hall–Kier alpha value is -0.0400. The first kappa shape index (κ1) is 9.51. The number of rotatable bonds is 1. The van der Waals surface area contributed by atoms with E-state index in [0.29, 0.717) is 12.0 Å². The lowest BCUT2D eigenvalue weighted by atomic mass is 9.70. The number of fused-ring (bicyclic) bond motifs is 1. The molecule has 2 saturated carbocycles. The summed E-state index contributed by atoms with van der Waals surface area (Å²) < 4.78 is 0.